The molecule has 0 radical (unpaired) electrons. The van der Waals surface area contributed by atoms with Crippen molar-refractivity contribution in [2.45, 2.75) is 25.8 Å². The highest BCUT2D eigenvalue weighted by molar-refractivity contribution is 5.93. The topological polar surface area (TPSA) is 84.5 Å². The highest BCUT2D eigenvalue weighted by atomic mass is 16.4. The van der Waals surface area contributed by atoms with E-state index in [1.807, 2.05) is 30.3 Å². The molecule has 1 saturated heterocycles. The number of likely N-dealkylation sites (tertiary alicyclic amines) is 1. The highest BCUT2D eigenvalue weighted by Crippen LogP contribution is 2.23. The van der Waals surface area contributed by atoms with Gasteiger partial charge in [0.25, 0.3) is 0 Å². The van der Waals surface area contributed by atoms with Gasteiger partial charge in [0.05, 0.1) is 11.4 Å². The van der Waals surface area contributed by atoms with Crippen molar-refractivity contribution in [3.8, 4) is 0 Å². The van der Waals surface area contributed by atoms with Crippen molar-refractivity contribution in [2.75, 3.05) is 18.4 Å². The molecule has 0 aliphatic carbocycles. The SMILES string of the molecule is CC(C(=O)N1CCCC(C(=O)Nc2ccccc2)C1)n1c(=O)oc2ccccc21. The molecule has 2 unspecified atom stereocenters. The van der Waals surface area contributed by atoms with E-state index in [9.17, 15) is 14.4 Å². The standard InChI is InChI=1S/C22H23N3O4/c1-15(25-18-11-5-6-12-19(18)29-22(25)28)21(27)24-13-7-8-16(14-24)20(26)23-17-9-3-2-4-10-17/h2-6,9-12,15-16H,7-8,13-14H2,1H3,(H,23,26). The summed E-state index contributed by atoms with van der Waals surface area (Å²) in [5.74, 6) is -1.11. The van der Waals surface area contributed by atoms with Crippen LogP contribution in [0.3, 0.4) is 0 Å². The molecule has 1 N–H and O–H groups in total. The number of aromatic nitrogens is 1. The number of amides is 2. The van der Waals surface area contributed by atoms with Crippen LogP contribution >= 0.6 is 0 Å². The molecule has 0 bridgehead atoms. The Morgan fingerprint density at radius 3 is 2.62 bits per heavy atom. The van der Waals surface area contributed by atoms with Gasteiger partial charge in [-0.05, 0) is 44.0 Å². The van der Waals surface area contributed by atoms with Gasteiger partial charge in [0, 0.05) is 18.8 Å². The highest BCUT2D eigenvalue weighted by Gasteiger charge is 2.32. The van der Waals surface area contributed by atoms with Gasteiger partial charge in [-0.2, -0.15) is 0 Å². The lowest BCUT2D eigenvalue weighted by molar-refractivity contribution is -0.137. The molecular formula is C22H23N3O4. The van der Waals surface area contributed by atoms with Gasteiger partial charge in [0.1, 0.15) is 6.04 Å². The van der Waals surface area contributed by atoms with Gasteiger partial charge in [-0.25, -0.2) is 4.79 Å². The van der Waals surface area contributed by atoms with Crippen molar-refractivity contribution in [1.29, 1.82) is 0 Å². The minimum atomic E-state index is -0.706. The first kappa shape index (κ1) is 19.0. The minimum absolute atomic E-state index is 0.0905. The third-order valence-electron chi connectivity index (χ3n) is 5.41. The number of carbonyl (C=O) groups excluding carboxylic acids is 2. The molecule has 2 aromatic carbocycles. The maximum atomic E-state index is 13.1. The van der Waals surface area contributed by atoms with E-state index >= 15 is 0 Å². The van der Waals surface area contributed by atoms with E-state index in [1.165, 1.54) is 4.57 Å². The Labute approximate surface area is 167 Å². The Kier molecular flexibility index (Phi) is 5.20. The van der Waals surface area contributed by atoms with Gasteiger partial charge in [-0.1, -0.05) is 30.3 Å². The van der Waals surface area contributed by atoms with Gasteiger partial charge >= 0.3 is 5.76 Å². The molecular weight excluding hydrogens is 370 g/mol. The van der Waals surface area contributed by atoms with Crippen molar-refractivity contribution < 1.29 is 14.0 Å². The number of benzene rings is 2. The molecule has 2 heterocycles. The second-order valence-electron chi connectivity index (χ2n) is 7.36. The summed E-state index contributed by atoms with van der Waals surface area (Å²) in [6.07, 6.45) is 1.47. The summed E-state index contributed by atoms with van der Waals surface area (Å²) >= 11 is 0. The molecule has 1 aliphatic heterocycles. The fourth-order valence-electron chi connectivity index (χ4n) is 3.88. The third kappa shape index (κ3) is 3.81. The minimum Gasteiger partial charge on any atom is -0.408 e. The average molecular weight is 393 g/mol. The van der Waals surface area contributed by atoms with Crippen LogP contribution in [-0.2, 0) is 9.59 Å². The van der Waals surface area contributed by atoms with Crippen molar-refractivity contribution in [1.82, 2.24) is 9.47 Å². The maximum absolute atomic E-state index is 13.1. The number of oxazole rings is 1. The van der Waals surface area contributed by atoms with E-state index in [-0.39, 0.29) is 17.7 Å². The van der Waals surface area contributed by atoms with Crippen molar-refractivity contribution in [3.05, 3.63) is 65.1 Å². The first-order valence-corrected chi connectivity index (χ1v) is 9.79. The van der Waals surface area contributed by atoms with Crippen LogP contribution in [0.4, 0.5) is 5.69 Å². The summed E-state index contributed by atoms with van der Waals surface area (Å²) in [6.45, 7) is 2.61. The van der Waals surface area contributed by atoms with Gasteiger partial charge in [-0.15, -0.1) is 0 Å². The molecule has 150 valence electrons. The fourth-order valence-corrected chi connectivity index (χ4v) is 3.88. The normalized spacial score (nSPS) is 17.8. The molecule has 2 amide bonds. The Balaban J connectivity index is 1.49. The van der Waals surface area contributed by atoms with Crippen LogP contribution in [0.15, 0.2) is 63.8 Å². The number of piperidine rings is 1. The molecule has 4 rings (SSSR count). The van der Waals surface area contributed by atoms with E-state index in [0.717, 1.165) is 18.5 Å². The van der Waals surface area contributed by atoms with Crippen LogP contribution in [0.5, 0.6) is 0 Å². The van der Waals surface area contributed by atoms with Crippen LogP contribution in [-0.4, -0.2) is 34.4 Å². The van der Waals surface area contributed by atoms with Gasteiger partial charge in [0.2, 0.25) is 11.8 Å². The van der Waals surface area contributed by atoms with Gasteiger partial charge < -0.3 is 14.6 Å². The van der Waals surface area contributed by atoms with Crippen LogP contribution in [0.2, 0.25) is 0 Å². The maximum Gasteiger partial charge on any atom is 0.420 e. The van der Waals surface area contributed by atoms with Crippen LogP contribution < -0.4 is 11.1 Å². The second-order valence-corrected chi connectivity index (χ2v) is 7.36. The Morgan fingerprint density at radius 1 is 1.10 bits per heavy atom. The zero-order valence-electron chi connectivity index (χ0n) is 16.2. The van der Waals surface area contributed by atoms with E-state index in [4.69, 9.17) is 4.42 Å². The van der Waals surface area contributed by atoms with Crippen LogP contribution in [0.25, 0.3) is 11.1 Å². The zero-order valence-corrected chi connectivity index (χ0v) is 16.2. The Morgan fingerprint density at radius 2 is 1.83 bits per heavy atom. The predicted octanol–water partition coefficient (Wildman–Crippen LogP) is 3.03. The molecule has 0 saturated carbocycles. The fraction of sp³-hybridized carbons (Fsp3) is 0.318. The molecule has 7 heteroatoms. The number of rotatable bonds is 4. The molecule has 3 aromatic rings. The number of anilines is 1. The average Bonchev–Trinajstić information content (AvgIpc) is 3.09. The number of nitrogens with one attached hydrogen (secondary N) is 1. The Hall–Kier alpha value is -3.35. The van der Waals surface area contributed by atoms with Crippen molar-refractivity contribution in [3.63, 3.8) is 0 Å². The molecule has 0 spiro atoms. The molecule has 29 heavy (non-hydrogen) atoms. The van der Waals surface area contributed by atoms with Crippen molar-refractivity contribution >= 4 is 28.6 Å². The lowest BCUT2D eigenvalue weighted by Crippen LogP contribution is -2.46. The summed E-state index contributed by atoms with van der Waals surface area (Å²) in [5, 5.41) is 2.91. The summed E-state index contributed by atoms with van der Waals surface area (Å²) in [4.78, 5) is 39.7. The molecule has 2 atom stereocenters. The van der Waals surface area contributed by atoms with Crippen LogP contribution in [0.1, 0.15) is 25.8 Å². The number of fused-ring (bicyclic) bond motifs is 1. The number of para-hydroxylation sites is 3. The van der Waals surface area contributed by atoms with Crippen molar-refractivity contribution in [2.24, 2.45) is 5.92 Å². The predicted molar refractivity (Wildman–Crippen MR) is 110 cm³/mol. The lowest BCUT2D eigenvalue weighted by Gasteiger charge is -2.33. The number of nitrogens with zero attached hydrogens (tertiary/aromatic N) is 2. The number of hydrogen-bond donors (Lipinski definition) is 1. The van der Waals surface area contributed by atoms with Gasteiger partial charge in [-0.3, -0.25) is 14.2 Å². The summed E-state index contributed by atoms with van der Waals surface area (Å²) < 4.78 is 6.64. The van der Waals surface area contributed by atoms with Gasteiger partial charge in [0.15, 0.2) is 5.58 Å². The molecule has 1 aliphatic rings. The number of carbonyl (C=O) groups is 2. The molecule has 1 aromatic heterocycles. The first-order chi connectivity index (χ1) is 14.0. The Bertz CT molecular complexity index is 1090. The zero-order chi connectivity index (χ0) is 20.4. The smallest absolute Gasteiger partial charge is 0.408 e. The monoisotopic (exact) mass is 393 g/mol. The lowest BCUT2D eigenvalue weighted by atomic mass is 9.96. The second kappa shape index (κ2) is 7.95. The molecule has 1 fully saturated rings. The van der Waals surface area contributed by atoms with E-state index in [2.05, 4.69) is 5.32 Å². The third-order valence-corrected chi connectivity index (χ3v) is 5.41. The quantitative estimate of drug-likeness (QED) is 0.738. The van der Waals surface area contributed by atoms with Crippen LogP contribution in [0, 0.1) is 5.92 Å². The summed E-state index contributed by atoms with van der Waals surface area (Å²) in [6, 6.07) is 15.6. The number of hydrogen-bond acceptors (Lipinski definition) is 4. The van der Waals surface area contributed by atoms with E-state index in [1.54, 1.807) is 36.1 Å². The summed E-state index contributed by atoms with van der Waals surface area (Å²) in [7, 11) is 0. The summed E-state index contributed by atoms with van der Waals surface area (Å²) in [5.41, 5.74) is 1.79. The largest absolute Gasteiger partial charge is 0.420 e. The van der Waals surface area contributed by atoms with E-state index in [0.29, 0.717) is 24.2 Å². The van der Waals surface area contributed by atoms with E-state index < -0.39 is 11.8 Å². The molecule has 7 nitrogen and oxygen atoms in total. The first-order valence-electron chi connectivity index (χ1n) is 9.79.